The summed E-state index contributed by atoms with van der Waals surface area (Å²) in [5, 5.41) is 2.94. The highest BCUT2D eigenvalue weighted by atomic mass is 16.2. The molecule has 28 heavy (non-hydrogen) atoms. The minimum atomic E-state index is -0.145. The van der Waals surface area contributed by atoms with Crippen LogP contribution in [0.3, 0.4) is 0 Å². The number of carbonyl (C=O) groups excluding carboxylic acids is 2. The predicted molar refractivity (Wildman–Crippen MR) is 111 cm³/mol. The number of nitrogens with one attached hydrogen (secondary N) is 1. The lowest BCUT2D eigenvalue weighted by atomic mass is 10.1. The summed E-state index contributed by atoms with van der Waals surface area (Å²) in [6, 6.07) is 22.8. The Labute approximate surface area is 164 Å². The third-order valence-corrected chi connectivity index (χ3v) is 5.23. The van der Waals surface area contributed by atoms with E-state index in [-0.39, 0.29) is 11.8 Å². The average Bonchev–Trinajstić information content (AvgIpc) is 3.17. The first-order chi connectivity index (χ1) is 13.6. The highest BCUT2D eigenvalue weighted by molar-refractivity contribution is 6.07. The summed E-state index contributed by atoms with van der Waals surface area (Å²) >= 11 is 0. The van der Waals surface area contributed by atoms with E-state index in [0.29, 0.717) is 24.2 Å². The summed E-state index contributed by atoms with van der Waals surface area (Å²) in [6.07, 6.45) is 0.876. The first-order valence-electron chi connectivity index (χ1n) is 9.46. The minimum Gasteiger partial charge on any atom is -0.348 e. The van der Waals surface area contributed by atoms with E-state index in [1.807, 2.05) is 54.3 Å². The van der Waals surface area contributed by atoms with Gasteiger partial charge in [-0.1, -0.05) is 42.5 Å². The molecule has 1 aliphatic rings. The third-order valence-electron chi connectivity index (χ3n) is 5.23. The van der Waals surface area contributed by atoms with Gasteiger partial charge in [0, 0.05) is 29.9 Å². The molecule has 0 spiro atoms. The summed E-state index contributed by atoms with van der Waals surface area (Å²) in [5.74, 6) is -0.175. The van der Waals surface area contributed by atoms with Gasteiger partial charge in [-0.3, -0.25) is 9.59 Å². The number of nitrogens with zero attached hydrogens (tertiary/aromatic N) is 1. The number of hydrogen-bond acceptors (Lipinski definition) is 2. The molecule has 3 aromatic rings. The van der Waals surface area contributed by atoms with E-state index in [0.717, 1.165) is 23.2 Å². The van der Waals surface area contributed by atoms with Crippen LogP contribution in [0, 0.1) is 6.92 Å². The van der Waals surface area contributed by atoms with Gasteiger partial charge in [0.25, 0.3) is 11.8 Å². The van der Waals surface area contributed by atoms with Crippen LogP contribution in [0.1, 0.15) is 37.4 Å². The number of aryl methyl sites for hydroxylation is 1. The van der Waals surface area contributed by atoms with E-state index in [9.17, 15) is 9.59 Å². The number of amides is 2. The van der Waals surface area contributed by atoms with Crippen molar-refractivity contribution < 1.29 is 9.59 Å². The summed E-state index contributed by atoms with van der Waals surface area (Å²) in [6.45, 7) is 3.20. The van der Waals surface area contributed by atoms with Crippen LogP contribution in [-0.4, -0.2) is 18.4 Å². The van der Waals surface area contributed by atoms with E-state index in [2.05, 4.69) is 11.4 Å². The van der Waals surface area contributed by atoms with Crippen LogP contribution in [0.5, 0.6) is 0 Å². The standard InChI is InChI=1S/C24H22N2O2/c1-17-6-2-3-8-21(17)16-25-23(27)19-10-12-20(13-11-19)24(28)26-15-14-18-7-4-5-9-22(18)26/h2-13H,14-16H2,1H3,(H,25,27). The van der Waals surface area contributed by atoms with Gasteiger partial charge in [0.1, 0.15) is 0 Å². The molecule has 1 heterocycles. The molecule has 0 aliphatic carbocycles. The summed E-state index contributed by atoms with van der Waals surface area (Å²) < 4.78 is 0. The maximum Gasteiger partial charge on any atom is 0.258 e. The zero-order chi connectivity index (χ0) is 19.5. The molecular formula is C24H22N2O2. The average molecular weight is 370 g/mol. The monoisotopic (exact) mass is 370 g/mol. The Hall–Kier alpha value is -3.40. The van der Waals surface area contributed by atoms with E-state index < -0.39 is 0 Å². The molecule has 0 atom stereocenters. The lowest BCUT2D eigenvalue weighted by Crippen LogP contribution is -2.29. The first-order valence-corrected chi connectivity index (χ1v) is 9.46. The van der Waals surface area contributed by atoms with Gasteiger partial charge < -0.3 is 10.2 Å². The molecule has 0 bridgehead atoms. The zero-order valence-corrected chi connectivity index (χ0v) is 15.8. The van der Waals surface area contributed by atoms with Gasteiger partial charge >= 0.3 is 0 Å². The molecule has 1 aliphatic heterocycles. The maximum atomic E-state index is 12.9. The van der Waals surface area contributed by atoms with Gasteiger partial charge in [0.15, 0.2) is 0 Å². The molecule has 4 nitrogen and oxygen atoms in total. The molecule has 0 unspecified atom stereocenters. The van der Waals surface area contributed by atoms with Crippen LogP contribution in [0.15, 0.2) is 72.8 Å². The molecule has 1 N–H and O–H groups in total. The number of rotatable bonds is 4. The zero-order valence-electron chi connectivity index (χ0n) is 15.8. The van der Waals surface area contributed by atoms with Crippen molar-refractivity contribution in [2.45, 2.75) is 19.9 Å². The molecule has 4 rings (SSSR count). The fraction of sp³-hybridized carbons (Fsp3) is 0.167. The molecule has 0 saturated heterocycles. The summed E-state index contributed by atoms with van der Waals surface area (Å²) in [4.78, 5) is 27.1. The van der Waals surface area contributed by atoms with E-state index in [1.54, 1.807) is 24.3 Å². The Bertz CT molecular complexity index is 1020. The lowest BCUT2D eigenvalue weighted by molar-refractivity contribution is 0.0947. The largest absolute Gasteiger partial charge is 0.348 e. The van der Waals surface area contributed by atoms with Gasteiger partial charge in [-0.05, 0) is 60.4 Å². The van der Waals surface area contributed by atoms with E-state index in [1.165, 1.54) is 5.56 Å². The first kappa shape index (κ1) is 18.0. The van der Waals surface area contributed by atoms with Gasteiger partial charge in [0.05, 0.1) is 0 Å². The molecule has 2 amide bonds. The van der Waals surface area contributed by atoms with Crippen molar-refractivity contribution in [3.63, 3.8) is 0 Å². The van der Waals surface area contributed by atoms with Crippen LogP contribution in [0.4, 0.5) is 5.69 Å². The Morgan fingerprint density at radius 2 is 1.57 bits per heavy atom. The van der Waals surface area contributed by atoms with Crippen molar-refractivity contribution >= 4 is 17.5 Å². The second kappa shape index (κ2) is 7.69. The van der Waals surface area contributed by atoms with Crippen LogP contribution in [0.2, 0.25) is 0 Å². The molecular weight excluding hydrogens is 348 g/mol. The van der Waals surface area contributed by atoms with Crippen molar-refractivity contribution in [1.29, 1.82) is 0 Å². The second-order valence-corrected chi connectivity index (χ2v) is 7.02. The van der Waals surface area contributed by atoms with Gasteiger partial charge in [0.2, 0.25) is 0 Å². The SMILES string of the molecule is Cc1ccccc1CNC(=O)c1ccc(C(=O)N2CCc3ccccc32)cc1. The van der Waals surface area contributed by atoms with Crippen LogP contribution in [-0.2, 0) is 13.0 Å². The summed E-state index contributed by atoms with van der Waals surface area (Å²) in [5.41, 5.74) is 5.56. The molecule has 0 radical (unpaired) electrons. The lowest BCUT2D eigenvalue weighted by Gasteiger charge is -2.17. The van der Waals surface area contributed by atoms with E-state index >= 15 is 0 Å². The maximum absolute atomic E-state index is 12.9. The van der Waals surface area contributed by atoms with Gasteiger partial charge in [-0.15, -0.1) is 0 Å². The second-order valence-electron chi connectivity index (χ2n) is 7.02. The fourth-order valence-electron chi connectivity index (χ4n) is 3.56. The minimum absolute atomic E-state index is 0.0307. The molecule has 0 saturated carbocycles. The van der Waals surface area contributed by atoms with Crippen molar-refractivity contribution in [3.05, 3.63) is 101 Å². The Morgan fingerprint density at radius 3 is 2.36 bits per heavy atom. The number of hydrogen-bond donors (Lipinski definition) is 1. The van der Waals surface area contributed by atoms with Gasteiger partial charge in [-0.2, -0.15) is 0 Å². The Kier molecular flexibility index (Phi) is 4.94. The Morgan fingerprint density at radius 1 is 0.893 bits per heavy atom. The smallest absolute Gasteiger partial charge is 0.258 e. The van der Waals surface area contributed by atoms with Crippen molar-refractivity contribution in [2.75, 3.05) is 11.4 Å². The van der Waals surface area contributed by atoms with Crippen LogP contribution < -0.4 is 10.2 Å². The normalized spacial score (nSPS) is 12.5. The predicted octanol–water partition coefficient (Wildman–Crippen LogP) is 4.13. The Balaban J connectivity index is 1.43. The topological polar surface area (TPSA) is 49.4 Å². The van der Waals surface area contributed by atoms with Crippen LogP contribution in [0.25, 0.3) is 0 Å². The quantitative estimate of drug-likeness (QED) is 0.751. The number of para-hydroxylation sites is 1. The van der Waals surface area contributed by atoms with Gasteiger partial charge in [-0.25, -0.2) is 0 Å². The number of fused-ring (bicyclic) bond motifs is 1. The molecule has 3 aromatic carbocycles. The van der Waals surface area contributed by atoms with Crippen molar-refractivity contribution in [3.8, 4) is 0 Å². The number of benzene rings is 3. The highest BCUT2D eigenvalue weighted by Gasteiger charge is 2.25. The third kappa shape index (κ3) is 3.54. The molecule has 0 aromatic heterocycles. The van der Waals surface area contributed by atoms with E-state index in [4.69, 9.17) is 0 Å². The fourth-order valence-corrected chi connectivity index (χ4v) is 3.56. The van der Waals surface area contributed by atoms with Crippen molar-refractivity contribution in [1.82, 2.24) is 5.32 Å². The number of carbonyl (C=O) groups is 2. The molecule has 0 fully saturated rings. The highest BCUT2D eigenvalue weighted by Crippen LogP contribution is 2.28. The number of anilines is 1. The molecule has 4 heteroatoms. The van der Waals surface area contributed by atoms with Crippen LogP contribution >= 0.6 is 0 Å². The van der Waals surface area contributed by atoms with Crippen molar-refractivity contribution in [2.24, 2.45) is 0 Å². The molecule has 140 valence electrons. The summed E-state index contributed by atoms with van der Waals surface area (Å²) in [7, 11) is 0.